The number of ether oxygens (including phenoxy) is 1. The maximum atomic E-state index is 14.7. The van der Waals surface area contributed by atoms with E-state index in [4.69, 9.17) is 10.5 Å². The largest absolute Gasteiger partial charge is 0.496 e. The van der Waals surface area contributed by atoms with E-state index in [0.717, 1.165) is 18.3 Å². The Kier molecular flexibility index (Phi) is 4.92. The van der Waals surface area contributed by atoms with E-state index in [1.165, 1.54) is 36.0 Å². The SMILES string of the molecule is COc1cc(-c2cnc3ccc(-c4cnc(N)c(C(F)(F)F)c4)nn23)c(F)cc1C(=O)O. The van der Waals surface area contributed by atoms with Crippen molar-refractivity contribution >= 4 is 17.4 Å². The molecule has 0 aliphatic heterocycles. The molecule has 0 aliphatic rings. The van der Waals surface area contributed by atoms with Crippen LogP contribution in [0.2, 0.25) is 0 Å². The molecule has 0 saturated heterocycles. The number of anilines is 1. The number of carbonyl (C=O) groups is 1. The minimum absolute atomic E-state index is 0.0346. The molecule has 0 unspecified atom stereocenters. The molecule has 4 aromatic rings. The number of aromatic carboxylic acids is 1. The zero-order chi connectivity index (χ0) is 23.2. The van der Waals surface area contributed by atoms with Crippen LogP contribution >= 0.6 is 0 Å². The van der Waals surface area contributed by atoms with E-state index in [1.807, 2.05) is 0 Å². The van der Waals surface area contributed by atoms with Gasteiger partial charge in [-0.05, 0) is 30.3 Å². The number of aromatic nitrogens is 4. The third-order valence-electron chi connectivity index (χ3n) is 4.68. The summed E-state index contributed by atoms with van der Waals surface area (Å²) in [6.45, 7) is 0. The number of nitrogens with two attached hydrogens (primary N) is 1. The minimum Gasteiger partial charge on any atom is -0.496 e. The van der Waals surface area contributed by atoms with E-state index in [-0.39, 0.29) is 39.5 Å². The average molecular weight is 447 g/mol. The normalized spacial score (nSPS) is 11.7. The van der Waals surface area contributed by atoms with Crippen LogP contribution in [0.3, 0.4) is 0 Å². The molecule has 0 atom stereocenters. The van der Waals surface area contributed by atoms with Crippen LogP contribution in [0.1, 0.15) is 15.9 Å². The highest BCUT2D eigenvalue weighted by atomic mass is 19.4. The van der Waals surface area contributed by atoms with E-state index in [0.29, 0.717) is 0 Å². The Bertz CT molecular complexity index is 1370. The first kappa shape index (κ1) is 21.0. The first-order valence-electron chi connectivity index (χ1n) is 8.89. The standard InChI is InChI=1S/C20H13F4N5O3/c1-32-16-6-10(13(21)5-11(16)19(30)31)15-8-26-17-3-2-14(28-29(15)17)9-4-12(20(22,23)24)18(25)27-7-9/h2-8H,1H3,(H2,25,27)(H,30,31). The summed E-state index contributed by atoms with van der Waals surface area (Å²) in [6, 6.07) is 5.72. The molecule has 0 spiro atoms. The van der Waals surface area contributed by atoms with Gasteiger partial charge < -0.3 is 15.6 Å². The number of carboxylic acids is 1. The Morgan fingerprint density at radius 2 is 1.91 bits per heavy atom. The first-order chi connectivity index (χ1) is 15.1. The van der Waals surface area contributed by atoms with Gasteiger partial charge in [0.2, 0.25) is 0 Å². The van der Waals surface area contributed by atoms with Crippen molar-refractivity contribution in [2.24, 2.45) is 0 Å². The quantitative estimate of drug-likeness (QED) is 0.456. The summed E-state index contributed by atoms with van der Waals surface area (Å²) in [5, 5.41) is 13.5. The molecule has 4 rings (SSSR count). The third-order valence-corrected chi connectivity index (χ3v) is 4.68. The molecule has 8 nitrogen and oxygen atoms in total. The maximum Gasteiger partial charge on any atom is 0.419 e. The molecule has 1 aromatic carbocycles. The Balaban J connectivity index is 1.88. The number of carboxylic acid groups (broad SMARTS) is 1. The molecule has 164 valence electrons. The van der Waals surface area contributed by atoms with Gasteiger partial charge in [0.1, 0.15) is 22.9 Å². The van der Waals surface area contributed by atoms with Crippen molar-refractivity contribution in [3.63, 3.8) is 0 Å². The number of rotatable bonds is 4. The lowest BCUT2D eigenvalue weighted by Gasteiger charge is -2.11. The minimum atomic E-state index is -4.71. The van der Waals surface area contributed by atoms with Gasteiger partial charge in [0.25, 0.3) is 0 Å². The summed E-state index contributed by atoms with van der Waals surface area (Å²) in [5.74, 6) is -3.00. The highest BCUT2D eigenvalue weighted by Crippen LogP contribution is 2.35. The van der Waals surface area contributed by atoms with Crippen molar-refractivity contribution in [2.75, 3.05) is 12.8 Å². The summed E-state index contributed by atoms with van der Waals surface area (Å²) in [5.41, 5.74) is 4.35. The molecule has 0 amide bonds. The number of benzene rings is 1. The van der Waals surface area contributed by atoms with Crippen molar-refractivity contribution in [1.29, 1.82) is 0 Å². The molecule has 0 saturated carbocycles. The van der Waals surface area contributed by atoms with Crippen LogP contribution in [0.5, 0.6) is 5.75 Å². The smallest absolute Gasteiger partial charge is 0.419 e. The second-order valence-corrected chi connectivity index (χ2v) is 6.62. The van der Waals surface area contributed by atoms with Crippen molar-refractivity contribution in [3.8, 4) is 28.3 Å². The number of nitrogens with zero attached hydrogens (tertiary/aromatic N) is 4. The zero-order valence-corrected chi connectivity index (χ0v) is 16.2. The first-order valence-corrected chi connectivity index (χ1v) is 8.89. The van der Waals surface area contributed by atoms with Gasteiger partial charge in [0, 0.05) is 17.3 Å². The molecule has 12 heteroatoms. The second-order valence-electron chi connectivity index (χ2n) is 6.62. The van der Waals surface area contributed by atoms with Crippen LogP contribution in [-0.4, -0.2) is 37.8 Å². The fraction of sp³-hybridized carbons (Fsp3) is 0.100. The predicted molar refractivity (Wildman–Crippen MR) is 105 cm³/mol. The molecular weight excluding hydrogens is 434 g/mol. The van der Waals surface area contributed by atoms with E-state index in [9.17, 15) is 27.5 Å². The van der Waals surface area contributed by atoms with Gasteiger partial charge in [-0.15, -0.1) is 0 Å². The van der Waals surface area contributed by atoms with Gasteiger partial charge in [-0.2, -0.15) is 18.3 Å². The summed E-state index contributed by atoms with van der Waals surface area (Å²) >= 11 is 0. The number of imidazole rings is 1. The van der Waals surface area contributed by atoms with Gasteiger partial charge >= 0.3 is 12.1 Å². The molecule has 0 bridgehead atoms. The van der Waals surface area contributed by atoms with Crippen molar-refractivity contribution in [1.82, 2.24) is 19.6 Å². The molecule has 0 radical (unpaired) electrons. The molecule has 0 aliphatic carbocycles. The summed E-state index contributed by atoms with van der Waals surface area (Å²) in [7, 11) is 1.24. The Morgan fingerprint density at radius 1 is 1.16 bits per heavy atom. The van der Waals surface area contributed by atoms with Crippen LogP contribution in [0.15, 0.2) is 42.7 Å². The number of halogens is 4. The monoisotopic (exact) mass is 447 g/mol. The zero-order valence-electron chi connectivity index (χ0n) is 16.2. The summed E-state index contributed by atoms with van der Waals surface area (Å²) in [6.07, 6.45) is -2.27. The summed E-state index contributed by atoms with van der Waals surface area (Å²) < 4.78 is 60.6. The number of hydrogen-bond donors (Lipinski definition) is 2. The Labute approximate surface area is 176 Å². The molecule has 3 N–H and O–H groups in total. The Hall–Kier alpha value is -4.22. The maximum absolute atomic E-state index is 14.7. The lowest BCUT2D eigenvalue weighted by molar-refractivity contribution is -0.137. The third kappa shape index (κ3) is 3.55. The number of alkyl halides is 3. The van der Waals surface area contributed by atoms with E-state index < -0.39 is 29.3 Å². The molecule has 0 fully saturated rings. The van der Waals surface area contributed by atoms with E-state index >= 15 is 0 Å². The van der Waals surface area contributed by atoms with Crippen LogP contribution in [0.4, 0.5) is 23.4 Å². The van der Waals surface area contributed by atoms with Gasteiger partial charge in [0.15, 0.2) is 5.65 Å². The van der Waals surface area contributed by atoms with Crippen LogP contribution in [0.25, 0.3) is 28.2 Å². The lowest BCUT2D eigenvalue weighted by atomic mass is 10.1. The van der Waals surface area contributed by atoms with Gasteiger partial charge in [-0.25, -0.2) is 23.7 Å². The number of fused-ring (bicyclic) bond motifs is 1. The topological polar surface area (TPSA) is 116 Å². The molecule has 3 heterocycles. The van der Waals surface area contributed by atoms with Crippen molar-refractivity contribution in [2.45, 2.75) is 6.18 Å². The molecular formula is C20H13F4N5O3. The predicted octanol–water partition coefficient (Wildman–Crippen LogP) is 3.91. The Morgan fingerprint density at radius 3 is 2.56 bits per heavy atom. The average Bonchev–Trinajstić information content (AvgIpc) is 3.16. The highest BCUT2D eigenvalue weighted by molar-refractivity contribution is 5.92. The second kappa shape index (κ2) is 7.48. The fourth-order valence-corrected chi connectivity index (χ4v) is 3.14. The number of methoxy groups -OCH3 is 1. The van der Waals surface area contributed by atoms with Crippen LogP contribution in [0, 0.1) is 5.82 Å². The van der Waals surface area contributed by atoms with Gasteiger partial charge in [0.05, 0.1) is 30.3 Å². The lowest BCUT2D eigenvalue weighted by Crippen LogP contribution is -2.10. The van der Waals surface area contributed by atoms with Gasteiger partial charge in [-0.3, -0.25) is 0 Å². The van der Waals surface area contributed by atoms with E-state index in [1.54, 1.807) is 0 Å². The molecule has 3 aromatic heterocycles. The number of hydrogen-bond acceptors (Lipinski definition) is 6. The number of pyridine rings is 1. The number of nitrogen functional groups attached to an aromatic ring is 1. The van der Waals surface area contributed by atoms with E-state index in [2.05, 4.69) is 15.1 Å². The van der Waals surface area contributed by atoms with Crippen molar-refractivity contribution < 1.29 is 32.2 Å². The highest BCUT2D eigenvalue weighted by Gasteiger charge is 2.34. The van der Waals surface area contributed by atoms with Crippen LogP contribution < -0.4 is 10.5 Å². The molecule has 32 heavy (non-hydrogen) atoms. The van der Waals surface area contributed by atoms with Crippen molar-refractivity contribution in [3.05, 3.63) is 59.7 Å². The summed E-state index contributed by atoms with van der Waals surface area (Å²) in [4.78, 5) is 19.0. The fourth-order valence-electron chi connectivity index (χ4n) is 3.14. The van der Waals surface area contributed by atoms with Crippen LogP contribution in [-0.2, 0) is 6.18 Å². The van der Waals surface area contributed by atoms with Gasteiger partial charge in [-0.1, -0.05) is 0 Å².